The van der Waals surface area contributed by atoms with Crippen LogP contribution in [0.4, 0.5) is 11.4 Å². The predicted octanol–water partition coefficient (Wildman–Crippen LogP) is 12.0. The zero-order valence-corrected chi connectivity index (χ0v) is 30.5. The van der Waals surface area contributed by atoms with Gasteiger partial charge in [-0.2, -0.15) is 0 Å². The minimum atomic E-state index is -0.717. The van der Waals surface area contributed by atoms with Crippen LogP contribution in [0.5, 0.6) is 23.0 Å². The second kappa shape index (κ2) is 13.0. The fourth-order valence-electron chi connectivity index (χ4n) is 7.43. The highest BCUT2D eigenvalue weighted by Gasteiger charge is 2.47. The van der Waals surface area contributed by atoms with E-state index in [1.807, 2.05) is 12.1 Å². The number of ether oxygens (including phenoxy) is 2. The number of fused-ring (bicyclic) bond motifs is 3. The van der Waals surface area contributed by atoms with Crippen LogP contribution in [-0.4, -0.2) is 9.85 Å². The third kappa shape index (κ3) is 6.31. The summed E-state index contributed by atoms with van der Waals surface area (Å²) >= 11 is 0. The molecule has 0 bridgehead atoms. The molecule has 0 amide bonds. The van der Waals surface area contributed by atoms with Crippen LogP contribution in [0.1, 0.15) is 74.9 Å². The van der Waals surface area contributed by atoms with E-state index >= 15 is 0 Å². The minimum Gasteiger partial charge on any atom is -0.457 e. The third-order valence-electron chi connectivity index (χ3n) is 9.94. The highest BCUT2D eigenvalue weighted by atomic mass is 16.6. The van der Waals surface area contributed by atoms with Gasteiger partial charge in [0.2, 0.25) is 0 Å². The fraction of sp³-hybridized carbons (Fsp3) is 0.200. The lowest BCUT2D eigenvalue weighted by Gasteiger charge is -2.36. The first-order chi connectivity index (χ1) is 25.2. The largest absolute Gasteiger partial charge is 0.457 e. The molecule has 8 heteroatoms. The number of rotatable bonds is 8. The molecule has 0 N–H and O–H groups in total. The SMILES string of the molecule is CC(C)(C)c1cc(C2(c3ccc(Oc4ccc([N+](=O)[O-])cc4)c(C(C)(C)C)c3)c3ccccc3-c3ccccc32)ccc1Oc1ccc([N+](=O)[O-])cc1. The quantitative estimate of drug-likeness (QED) is 0.115. The summed E-state index contributed by atoms with van der Waals surface area (Å²) < 4.78 is 12.9. The average molecular weight is 705 g/mol. The van der Waals surface area contributed by atoms with Gasteiger partial charge < -0.3 is 9.47 Å². The number of nitro groups is 2. The molecule has 0 saturated heterocycles. The van der Waals surface area contributed by atoms with Crippen LogP contribution in [0.2, 0.25) is 0 Å². The van der Waals surface area contributed by atoms with E-state index in [2.05, 4.69) is 114 Å². The van der Waals surface area contributed by atoms with Crippen molar-refractivity contribution in [3.8, 4) is 34.1 Å². The van der Waals surface area contributed by atoms with Crippen molar-refractivity contribution in [1.29, 1.82) is 0 Å². The Bertz CT molecular complexity index is 2200. The molecule has 53 heavy (non-hydrogen) atoms. The molecule has 0 heterocycles. The Kier molecular flexibility index (Phi) is 8.65. The molecule has 0 fully saturated rings. The Hall–Kier alpha value is -6.28. The molecule has 0 aromatic heterocycles. The lowest BCUT2D eigenvalue weighted by atomic mass is 9.66. The number of hydrogen-bond donors (Lipinski definition) is 0. The van der Waals surface area contributed by atoms with Gasteiger partial charge >= 0.3 is 0 Å². The van der Waals surface area contributed by atoms with Gasteiger partial charge in [0, 0.05) is 35.4 Å². The van der Waals surface area contributed by atoms with Gasteiger partial charge in [-0.05, 0) is 92.7 Å². The Morgan fingerprint density at radius 1 is 0.491 bits per heavy atom. The van der Waals surface area contributed by atoms with E-state index in [4.69, 9.17) is 9.47 Å². The summed E-state index contributed by atoms with van der Waals surface area (Å²) in [5, 5.41) is 22.6. The first-order valence-electron chi connectivity index (χ1n) is 17.5. The van der Waals surface area contributed by atoms with Crippen LogP contribution >= 0.6 is 0 Å². The number of benzene rings is 6. The molecule has 0 unspecified atom stereocenters. The van der Waals surface area contributed by atoms with E-state index < -0.39 is 15.3 Å². The molecule has 0 radical (unpaired) electrons. The standard InChI is InChI=1S/C45H40N2O6/c1-43(2,3)39-27-29(15-25-41(39)52-33-21-17-31(18-22-33)46(48)49)45(37-13-9-7-11-35(37)36-12-8-10-14-38(36)45)30-16-26-42(40(28-30)44(4,5)6)53-34-23-19-32(20-24-34)47(50)51/h7-28H,1-6H3. The second-order valence-corrected chi connectivity index (χ2v) is 15.5. The van der Waals surface area contributed by atoms with Gasteiger partial charge in [-0.1, -0.05) is 102 Å². The van der Waals surface area contributed by atoms with E-state index in [0.29, 0.717) is 23.0 Å². The van der Waals surface area contributed by atoms with Gasteiger partial charge in [-0.3, -0.25) is 20.2 Å². The summed E-state index contributed by atoms with van der Waals surface area (Å²) in [5.74, 6) is 2.37. The zero-order valence-electron chi connectivity index (χ0n) is 30.5. The van der Waals surface area contributed by atoms with Gasteiger partial charge in [0.15, 0.2) is 0 Å². The molecular formula is C45H40N2O6. The molecule has 8 nitrogen and oxygen atoms in total. The molecule has 7 rings (SSSR count). The number of nitrogens with zero attached hydrogens (tertiary/aromatic N) is 2. The van der Waals surface area contributed by atoms with Gasteiger partial charge in [-0.25, -0.2) is 0 Å². The summed E-state index contributed by atoms with van der Waals surface area (Å²) in [5.41, 5.74) is 7.39. The summed E-state index contributed by atoms with van der Waals surface area (Å²) in [6.07, 6.45) is 0. The summed E-state index contributed by atoms with van der Waals surface area (Å²) in [6, 6.07) is 42.2. The molecule has 6 aromatic carbocycles. The normalized spacial score (nSPS) is 13.2. The van der Waals surface area contributed by atoms with E-state index in [1.165, 1.54) is 24.3 Å². The predicted molar refractivity (Wildman–Crippen MR) is 207 cm³/mol. The lowest BCUT2D eigenvalue weighted by molar-refractivity contribution is -0.385. The minimum absolute atomic E-state index is 0.00281. The van der Waals surface area contributed by atoms with Crippen molar-refractivity contribution < 1.29 is 19.3 Å². The Morgan fingerprint density at radius 2 is 0.849 bits per heavy atom. The van der Waals surface area contributed by atoms with Crippen molar-refractivity contribution >= 4 is 11.4 Å². The highest BCUT2D eigenvalue weighted by molar-refractivity contribution is 5.86. The van der Waals surface area contributed by atoms with Crippen molar-refractivity contribution in [2.45, 2.75) is 57.8 Å². The Balaban J connectivity index is 1.44. The maximum atomic E-state index is 11.3. The smallest absolute Gasteiger partial charge is 0.269 e. The topological polar surface area (TPSA) is 105 Å². The summed E-state index contributed by atoms with van der Waals surface area (Å²) in [6.45, 7) is 12.9. The second-order valence-electron chi connectivity index (χ2n) is 15.5. The van der Waals surface area contributed by atoms with E-state index in [0.717, 1.165) is 44.5 Å². The molecular weight excluding hydrogens is 665 g/mol. The summed E-state index contributed by atoms with van der Waals surface area (Å²) in [4.78, 5) is 21.7. The zero-order chi connectivity index (χ0) is 37.7. The summed E-state index contributed by atoms with van der Waals surface area (Å²) in [7, 11) is 0. The molecule has 0 aliphatic heterocycles. The van der Waals surface area contributed by atoms with Crippen LogP contribution in [0.3, 0.4) is 0 Å². The van der Waals surface area contributed by atoms with Gasteiger partial charge in [0.05, 0.1) is 15.3 Å². The Labute approximate surface area is 309 Å². The van der Waals surface area contributed by atoms with Crippen LogP contribution in [0.25, 0.3) is 11.1 Å². The lowest BCUT2D eigenvalue weighted by Crippen LogP contribution is -2.30. The number of nitro benzene ring substituents is 2. The van der Waals surface area contributed by atoms with E-state index in [1.54, 1.807) is 24.3 Å². The fourth-order valence-corrected chi connectivity index (χ4v) is 7.43. The van der Waals surface area contributed by atoms with Crippen molar-refractivity contribution in [3.05, 3.63) is 187 Å². The van der Waals surface area contributed by atoms with Crippen LogP contribution < -0.4 is 9.47 Å². The van der Waals surface area contributed by atoms with Crippen molar-refractivity contribution in [2.24, 2.45) is 0 Å². The third-order valence-corrected chi connectivity index (χ3v) is 9.94. The van der Waals surface area contributed by atoms with Crippen molar-refractivity contribution in [3.63, 3.8) is 0 Å². The Morgan fingerprint density at radius 3 is 1.19 bits per heavy atom. The first kappa shape index (κ1) is 35.1. The number of hydrogen-bond acceptors (Lipinski definition) is 6. The van der Waals surface area contributed by atoms with Crippen molar-refractivity contribution in [1.82, 2.24) is 0 Å². The van der Waals surface area contributed by atoms with Gasteiger partial charge in [0.1, 0.15) is 23.0 Å². The van der Waals surface area contributed by atoms with Crippen LogP contribution in [0, 0.1) is 20.2 Å². The molecule has 1 aliphatic rings. The maximum absolute atomic E-state index is 11.3. The van der Waals surface area contributed by atoms with Gasteiger partial charge in [-0.15, -0.1) is 0 Å². The van der Waals surface area contributed by atoms with Crippen molar-refractivity contribution in [2.75, 3.05) is 0 Å². The molecule has 0 spiro atoms. The molecule has 6 aromatic rings. The highest BCUT2D eigenvalue weighted by Crippen LogP contribution is 2.57. The number of non-ortho nitro benzene ring substituents is 2. The molecule has 0 atom stereocenters. The maximum Gasteiger partial charge on any atom is 0.269 e. The van der Waals surface area contributed by atoms with E-state index in [-0.39, 0.29) is 22.2 Å². The molecule has 1 aliphatic carbocycles. The van der Waals surface area contributed by atoms with Crippen LogP contribution in [-0.2, 0) is 16.2 Å². The average Bonchev–Trinajstić information content (AvgIpc) is 3.43. The molecule has 266 valence electrons. The van der Waals surface area contributed by atoms with Gasteiger partial charge in [0.25, 0.3) is 11.4 Å². The van der Waals surface area contributed by atoms with E-state index in [9.17, 15) is 20.2 Å². The van der Waals surface area contributed by atoms with Crippen LogP contribution in [0.15, 0.2) is 133 Å². The molecule has 0 saturated carbocycles. The monoisotopic (exact) mass is 704 g/mol. The first-order valence-corrected chi connectivity index (χ1v) is 17.5.